The van der Waals surface area contributed by atoms with Crippen LogP contribution >= 0.6 is 0 Å². The van der Waals surface area contributed by atoms with Crippen molar-refractivity contribution in [3.05, 3.63) is 35.4 Å². The molecule has 0 aliphatic heterocycles. The van der Waals surface area contributed by atoms with Gasteiger partial charge in [0.05, 0.1) is 26.4 Å². The lowest BCUT2D eigenvalue weighted by Gasteiger charge is -2.12. The lowest BCUT2D eigenvalue weighted by atomic mass is 10.1. The first-order valence-corrected chi connectivity index (χ1v) is 9.25. The van der Waals surface area contributed by atoms with Gasteiger partial charge in [-0.05, 0) is 24.5 Å². The first-order valence-electron chi connectivity index (χ1n) is 9.25. The molecule has 9 heteroatoms. The SMILES string of the molecule is CCNC(=NCc1cccc(COCC(F)(F)F)c1)NCCCOCCOC. The Morgan fingerprint density at radius 2 is 1.86 bits per heavy atom. The van der Waals surface area contributed by atoms with Crippen molar-refractivity contribution in [3.8, 4) is 0 Å². The normalized spacial score (nSPS) is 12.2. The number of ether oxygens (including phenoxy) is 3. The third-order valence-electron chi connectivity index (χ3n) is 3.48. The summed E-state index contributed by atoms with van der Waals surface area (Å²) in [5.74, 6) is 0.679. The van der Waals surface area contributed by atoms with Crippen LogP contribution < -0.4 is 10.6 Å². The van der Waals surface area contributed by atoms with E-state index in [1.165, 1.54) is 0 Å². The summed E-state index contributed by atoms with van der Waals surface area (Å²) in [6.45, 7) is 4.28. The molecule has 0 heterocycles. The van der Waals surface area contributed by atoms with E-state index >= 15 is 0 Å². The van der Waals surface area contributed by atoms with E-state index in [1.54, 1.807) is 25.3 Å². The molecule has 0 aromatic heterocycles. The average molecular weight is 405 g/mol. The van der Waals surface area contributed by atoms with E-state index in [9.17, 15) is 13.2 Å². The highest BCUT2D eigenvalue weighted by Gasteiger charge is 2.27. The summed E-state index contributed by atoms with van der Waals surface area (Å²) in [5, 5.41) is 6.38. The number of benzene rings is 1. The van der Waals surface area contributed by atoms with Crippen LogP contribution in [0.25, 0.3) is 0 Å². The quantitative estimate of drug-likeness (QED) is 0.300. The number of nitrogens with one attached hydrogen (secondary N) is 2. The van der Waals surface area contributed by atoms with Crippen LogP contribution in [0.4, 0.5) is 13.2 Å². The molecule has 0 bridgehead atoms. The molecule has 0 atom stereocenters. The van der Waals surface area contributed by atoms with Crippen molar-refractivity contribution in [2.75, 3.05) is 46.6 Å². The zero-order valence-electron chi connectivity index (χ0n) is 16.5. The Morgan fingerprint density at radius 3 is 2.57 bits per heavy atom. The van der Waals surface area contributed by atoms with Crippen molar-refractivity contribution in [3.63, 3.8) is 0 Å². The fourth-order valence-electron chi connectivity index (χ4n) is 2.24. The topological polar surface area (TPSA) is 64.1 Å². The number of rotatable bonds is 13. The molecule has 0 saturated carbocycles. The fourth-order valence-corrected chi connectivity index (χ4v) is 2.24. The van der Waals surface area contributed by atoms with Gasteiger partial charge in [0.15, 0.2) is 5.96 Å². The molecule has 1 aromatic rings. The van der Waals surface area contributed by atoms with E-state index in [4.69, 9.17) is 14.2 Å². The lowest BCUT2D eigenvalue weighted by Crippen LogP contribution is -2.38. The second-order valence-electron chi connectivity index (χ2n) is 6.01. The Morgan fingerprint density at radius 1 is 1.07 bits per heavy atom. The van der Waals surface area contributed by atoms with Crippen LogP contribution in [0.3, 0.4) is 0 Å². The predicted octanol–water partition coefficient (Wildman–Crippen LogP) is 2.87. The first kappa shape index (κ1) is 24.2. The number of aliphatic imine (C=N–C) groups is 1. The minimum absolute atomic E-state index is 0.0849. The number of halogens is 3. The maximum Gasteiger partial charge on any atom is 0.411 e. The Kier molecular flexibility index (Phi) is 12.3. The third-order valence-corrected chi connectivity index (χ3v) is 3.48. The summed E-state index contributed by atoms with van der Waals surface area (Å²) in [4.78, 5) is 4.50. The fraction of sp³-hybridized carbons (Fsp3) is 0.632. The van der Waals surface area contributed by atoms with Gasteiger partial charge >= 0.3 is 6.18 Å². The van der Waals surface area contributed by atoms with E-state index in [2.05, 4.69) is 15.6 Å². The minimum atomic E-state index is -4.32. The molecule has 0 fully saturated rings. The van der Waals surface area contributed by atoms with Crippen molar-refractivity contribution in [2.24, 2.45) is 4.99 Å². The molecule has 0 unspecified atom stereocenters. The largest absolute Gasteiger partial charge is 0.411 e. The van der Waals surface area contributed by atoms with Crippen LogP contribution in [-0.2, 0) is 27.4 Å². The van der Waals surface area contributed by atoms with Crippen LogP contribution in [0.1, 0.15) is 24.5 Å². The highest BCUT2D eigenvalue weighted by molar-refractivity contribution is 5.79. The van der Waals surface area contributed by atoms with Crippen LogP contribution in [0.15, 0.2) is 29.3 Å². The summed E-state index contributed by atoms with van der Waals surface area (Å²) in [7, 11) is 1.63. The highest BCUT2D eigenvalue weighted by atomic mass is 19.4. The minimum Gasteiger partial charge on any atom is -0.382 e. The molecule has 2 N–H and O–H groups in total. The van der Waals surface area contributed by atoms with Gasteiger partial charge in [0.25, 0.3) is 0 Å². The van der Waals surface area contributed by atoms with Crippen LogP contribution in [0.2, 0.25) is 0 Å². The molecule has 6 nitrogen and oxygen atoms in total. The van der Waals surface area contributed by atoms with Crippen molar-refractivity contribution in [1.82, 2.24) is 10.6 Å². The Balaban J connectivity index is 2.43. The van der Waals surface area contributed by atoms with Crippen molar-refractivity contribution >= 4 is 5.96 Å². The molecule has 0 saturated heterocycles. The molecule has 0 spiro atoms. The summed E-state index contributed by atoms with van der Waals surface area (Å²) in [6.07, 6.45) is -3.48. The second-order valence-corrected chi connectivity index (χ2v) is 6.01. The third kappa shape index (κ3) is 12.5. The first-order chi connectivity index (χ1) is 13.4. The van der Waals surface area contributed by atoms with Gasteiger partial charge in [0, 0.05) is 26.8 Å². The lowest BCUT2D eigenvalue weighted by molar-refractivity contribution is -0.176. The van der Waals surface area contributed by atoms with Gasteiger partial charge in [-0.15, -0.1) is 0 Å². The number of hydrogen-bond donors (Lipinski definition) is 2. The highest BCUT2D eigenvalue weighted by Crippen LogP contribution is 2.16. The van der Waals surface area contributed by atoms with Gasteiger partial charge in [-0.2, -0.15) is 13.2 Å². The molecule has 1 aromatic carbocycles. The van der Waals surface area contributed by atoms with E-state index in [0.717, 1.165) is 18.5 Å². The molecule has 1 rings (SSSR count). The Labute approximate surface area is 164 Å². The summed E-state index contributed by atoms with van der Waals surface area (Å²) >= 11 is 0. The average Bonchev–Trinajstić information content (AvgIpc) is 2.64. The number of guanidine groups is 1. The molecule has 0 radical (unpaired) electrons. The maximum atomic E-state index is 12.2. The van der Waals surface area contributed by atoms with E-state index in [1.807, 2.05) is 13.0 Å². The van der Waals surface area contributed by atoms with Crippen LogP contribution in [0.5, 0.6) is 0 Å². The van der Waals surface area contributed by atoms with Gasteiger partial charge in [-0.25, -0.2) is 4.99 Å². The van der Waals surface area contributed by atoms with Gasteiger partial charge in [0.2, 0.25) is 0 Å². The number of methoxy groups -OCH3 is 1. The number of hydrogen-bond acceptors (Lipinski definition) is 4. The van der Waals surface area contributed by atoms with Gasteiger partial charge in [-0.3, -0.25) is 0 Å². The molecular weight excluding hydrogens is 375 g/mol. The van der Waals surface area contributed by atoms with Gasteiger partial charge in [-0.1, -0.05) is 24.3 Å². The second kappa shape index (κ2) is 14.2. The molecule has 0 amide bonds. The smallest absolute Gasteiger partial charge is 0.382 e. The van der Waals surface area contributed by atoms with Crippen molar-refractivity contribution in [1.29, 1.82) is 0 Å². The van der Waals surface area contributed by atoms with E-state index < -0.39 is 12.8 Å². The Hall–Kier alpha value is -1.84. The van der Waals surface area contributed by atoms with E-state index in [0.29, 0.717) is 44.4 Å². The number of nitrogens with zero attached hydrogens (tertiary/aromatic N) is 1. The molecule has 160 valence electrons. The summed E-state index contributed by atoms with van der Waals surface area (Å²) in [5.41, 5.74) is 1.58. The Bertz CT molecular complexity index is 569. The monoisotopic (exact) mass is 405 g/mol. The van der Waals surface area contributed by atoms with Crippen LogP contribution in [-0.4, -0.2) is 58.8 Å². The van der Waals surface area contributed by atoms with Gasteiger partial charge in [0.1, 0.15) is 6.61 Å². The van der Waals surface area contributed by atoms with Crippen molar-refractivity contribution in [2.45, 2.75) is 32.7 Å². The standard InChI is InChI=1S/C19H30F3N3O3/c1-3-23-18(24-8-5-9-27-11-10-26-2)25-13-16-6-4-7-17(12-16)14-28-15-19(20,21)22/h4,6-7,12H,3,5,8-11,13-15H2,1-2H3,(H2,23,24,25). The molecule has 0 aliphatic rings. The van der Waals surface area contributed by atoms with Crippen molar-refractivity contribution < 1.29 is 27.4 Å². The zero-order chi connectivity index (χ0) is 20.7. The molecule has 0 aliphatic carbocycles. The van der Waals surface area contributed by atoms with Crippen LogP contribution in [0, 0.1) is 0 Å². The molecule has 28 heavy (non-hydrogen) atoms. The number of alkyl halides is 3. The summed E-state index contributed by atoms with van der Waals surface area (Å²) < 4.78 is 51.5. The zero-order valence-corrected chi connectivity index (χ0v) is 16.5. The predicted molar refractivity (Wildman–Crippen MR) is 102 cm³/mol. The molecular formula is C19H30F3N3O3. The van der Waals surface area contributed by atoms with Gasteiger partial charge < -0.3 is 24.8 Å². The maximum absolute atomic E-state index is 12.2. The summed E-state index contributed by atoms with van der Waals surface area (Å²) in [6, 6.07) is 7.20. The van der Waals surface area contributed by atoms with E-state index in [-0.39, 0.29) is 6.61 Å².